The number of hydrogen-bond acceptors (Lipinski definition) is 7. The first-order valence-corrected chi connectivity index (χ1v) is 7.09. The van der Waals surface area contributed by atoms with Crippen LogP contribution in [0.15, 0.2) is 41.4 Å². The SMILES string of the molecule is COc1ccccc1C1(N)N=C(N)c2c(ccc(C(=O)O)c2N)N1. The van der Waals surface area contributed by atoms with E-state index in [1.165, 1.54) is 13.2 Å². The Morgan fingerprint density at radius 2 is 1.96 bits per heavy atom. The van der Waals surface area contributed by atoms with Crippen molar-refractivity contribution in [1.82, 2.24) is 0 Å². The van der Waals surface area contributed by atoms with E-state index in [1.807, 2.05) is 6.07 Å². The molecule has 1 aliphatic heterocycles. The summed E-state index contributed by atoms with van der Waals surface area (Å²) in [5.74, 6) is -1.90. The summed E-state index contributed by atoms with van der Waals surface area (Å²) in [6.45, 7) is 0. The Kier molecular flexibility index (Phi) is 3.53. The van der Waals surface area contributed by atoms with Gasteiger partial charge in [0.15, 0.2) is 0 Å². The number of carboxylic acid groups (broad SMARTS) is 1. The highest BCUT2D eigenvalue weighted by Crippen LogP contribution is 2.37. The summed E-state index contributed by atoms with van der Waals surface area (Å²) in [6.07, 6.45) is 0. The number of carbonyl (C=O) groups is 1. The van der Waals surface area contributed by atoms with E-state index in [2.05, 4.69) is 10.3 Å². The van der Waals surface area contributed by atoms with E-state index < -0.39 is 11.8 Å². The highest BCUT2D eigenvalue weighted by Gasteiger charge is 2.36. The Morgan fingerprint density at radius 1 is 1.25 bits per heavy atom. The number of nitrogens with one attached hydrogen (secondary N) is 1. The number of para-hydroxylation sites is 1. The second-order valence-electron chi connectivity index (χ2n) is 5.34. The van der Waals surface area contributed by atoms with Crippen molar-refractivity contribution in [2.45, 2.75) is 5.79 Å². The van der Waals surface area contributed by atoms with E-state index in [-0.39, 0.29) is 17.1 Å². The third-order valence-corrected chi connectivity index (χ3v) is 3.87. The number of fused-ring (bicyclic) bond motifs is 1. The molecule has 8 nitrogen and oxygen atoms in total. The smallest absolute Gasteiger partial charge is 0.337 e. The van der Waals surface area contributed by atoms with E-state index in [9.17, 15) is 9.90 Å². The number of hydrogen-bond donors (Lipinski definition) is 5. The molecule has 0 fully saturated rings. The van der Waals surface area contributed by atoms with Gasteiger partial charge in [-0.3, -0.25) is 5.73 Å². The third-order valence-electron chi connectivity index (χ3n) is 3.87. The molecule has 0 saturated heterocycles. The second kappa shape index (κ2) is 5.43. The van der Waals surface area contributed by atoms with E-state index in [0.717, 1.165) is 0 Å². The van der Waals surface area contributed by atoms with Gasteiger partial charge in [-0.25, -0.2) is 9.79 Å². The number of carboxylic acids is 1. The number of nitrogens with two attached hydrogens (primary N) is 3. The van der Waals surface area contributed by atoms with Crippen LogP contribution in [0.3, 0.4) is 0 Å². The summed E-state index contributed by atoms with van der Waals surface area (Å²) in [6, 6.07) is 10.1. The average molecular weight is 327 g/mol. The molecule has 2 aromatic rings. The van der Waals surface area contributed by atoms with Crippen LogP contribution in [0.2, 0.25) is 0 Å². The maximum atomic E-state index is 11.2. The molecule has 0 aromatic heterocycles. The van der Waals surface area contributed by atoms with Crippen molar-refractivity contribution in [2.75, 3.05) is 18.2 Å². The first kappa shape index (κ1) is 15.6. The normalized spacial score (nSPS) is 19.0. The van der Waals surface area contributed by atoms with Crippen LogP contribution in [0.4, 0.5) is 11.4 Å². The molecular weight excluding hydrogens is 310 g/mol. The van der Waals surface area contributed by atoms with Gasteiger partial charge in [0.1, 0.15) is 11.6 Å². The number of amidine groups is 1. The predicted octanol–water partition coefficient (Wildman–Crippen LogP) is 0.876. The molecule has 8 N–H and O–H groups in total. The van der Waals surface area contributed by atoms with Gasteiger partial charge in [0.2, 0.25) is 5.79 Å². The van der Waals surface area contributed by atoms with Crippen LogP contribution in [0.5, 0.6) is 5.75 Å². The van der Waals surface area contributed by atoms with Gasteiger partial charge in [0.05, 0.1) is 35.2 Å². The number of anilines is 2. The molecule has 0 radical (unpaired) electrons. The first-order valence-electron chi connectivity index (χ1n) is 7.09. The van der Waals surface area contributed by atoms with Gasteiger partial charge in [-0.15, -0.1) is 0 Å². The Labute approximate surface area is 137 Å². The van der Waals surface area contributed by atoms with Crippen molar-refractivity contribution in [2.24, 2.45) is 16.5 Å². The van der Waals surface area contributed by atoms with Gasteiger partial charge in [-0.1, -0.05) is 12.1 Å². The Bertz CT molecular complexity index is 865. The summed E-state index contributed by atoms with van der Waals surface area (Å²) in [5, 5.41) is 12.2. The van der Waals surface area contributed by atoms with Crippen LogP contribution in [0.1, 0.15) is 21.5 Å². The van der Waals surface area contributed by atoms with Crippen LogP contribution in [0.25, 0.3) is 0 Å². The van der Waals surface area contributed by atoms with Gasteiger partial charge < -0.3 is 26.6 Å². The quantitative estimate of drug-likeness (QED) is 0.525. The molecule has 1 atom stereocenters. The Hall–Kier alpha value is -3.26. The zero-order chi connectivity index (χ0) is 17.5. The van der Waals surface area contributed by atoms with E-state index in [0.29, 0.717) is 22.6 Å². The van der Waals surface area contributed by atoms with Crippen molar-refractivity contribution in [1.29, 1.82) is 0 Å². The van der Waals surface area contributed by atoms with Gasteiger partial charge >= 0.3 is 5.97 Å². The summed E-state index contributed by atoms with van der Waals surface area (Å²) in [5.41, 5.74) is 19.8. The van der Waals surface area contributed by atoms with Crippen molar-refractivity contribution in [3.05, 3.63) is 53.1 Å². The highest BCUT2D eigenvalue weighted by atomic mass is 16.5. The summed E-state index contributed by atoms with van der Waals surface area (Å²) in [7, 11) is 1.53. The summed E-state index contributed by atoms with van der Waals surface area (Å²) in [4.78, 5) is 15.5. The second-order valence-corrected chi connectivity index (χ2v) is 5.34. The van der Waals surface area contributed by atoms with E-state index in [1.54, 1.807) is 24.3 Å². The van der Waals surface area contributed by atoms with Crippen LogP contribution in [0, 0.1) is 0 Å². The lowest BCUT2D eigenvalue weighted by molar-refractivity contribution is 0.0698. The van der Waals surface area contributed by atoms with Crippen molar-refractivity contribution in [3.63, 3.8) is 0 Å². The molecular formula is C16H17N5O3. The minimum atomic E-state index is -1.36. The number of nitrogen functional groups attached to an aromatic ring is 1. The molecule has 124 valence electrons. The molecule has 0 aliphatic carbocycles. The first-order chi connectivity index (χ1) is 11.4. The van der Waals surface area contributed by atoms with Crippen molar-refractivity contribution < 1.29 is 14.6 Å². The van der Waals surface area contributed by atoms with Crippen LogP contribution >= 0.6 is 0 Å². The fourth-order valence-electron chi connectivity index (χ4n) is 2.75. The standard InChI is InChI=1S/C16H17N5O3/c1-24-11-5-3-2-4-9(11)16(19)20-10-7-6-8(15(22)23)13(17)12(10)14(18)21-16/h2-7,20H,17,19H2,1H3,(H2,18,21)(H,22,23). The molecule has 0 saturated carbocycles. The summed E-state index contributed by atoms with van der Waals surface area (Å²) >= 11 is 0. The molecule has 1 heterocycles. The van der Waals surface area contributed by atoms with Crippen LogP contribution in [-0.4, -0.2) is 24.0 Å². The molecule has 1 aliphatic rings. The topological polar surface area (TPSA) is 149 Å². The Balaban J connectivity index is 2.16. The lowest BCUT2D eigenvalue weighted by Gasteiger charge is -2.34. The molecule has 0 amide bonds. The maximum absolute atomic E-state index is 11.2. The molecule has 2 aromatic carbocycles. The zero-order valence-corrected chi connectivity index (χ0v) is 12.9. The number of rotatable bonds is 3. The predicted molar refractivity (Wildman–Crippen MR) is 91.0 cm³/mol. The number of methoxy groups -OCH3 is 1. The van der Waals surface area contributed by atoms with Gasteiger partial charge in [-0.05, 0) is 24.3 Å². The van der Waals surface area contributed by atoms with Crippen LogP contribution < -0.4 is 27.3 Å². The van der Waals surface area contributed by atoms with Gasteiger partial charge in [-0.2, -0.15) is 0 Å². The number of nitrogens with zero attached hydrogens (tertiary/aromatic N) is 1. The monoisotopic (exact) mass is 327 g/mol. The molecule has 24 heavy (non-hydrogen) atoms. The zero-order valence-electron chi connectivity index (χ0n) is 12.9. The van der Waals surface area contributed by atoms with Crippen molar-refractivity contribution in [3.8, 4) is 5.75 Å². The van der Waals surface area contributed by atoms with Gasteiger partial charge in [0.25, 0.3) is 0 Å². The average Bonchev–Trinajstić information content (AvgIpc) is 2.54. The lowest BCUT2D eigenvalue weighted by Crippen LogP contribution is -2.48. The summed E-state index contributed by atoms with van der Waals surface area (Å²) < 4.78 is 5.33. The Morgan fingerprint density at radius 3 is 2.62 bits per heavy atom. The number of aliphatic imine (C=N–C) groups is 1. The largest absolute Gasteiger partial charge is 0.496 e. The van der Waals surface area contributed by atoms with E-state index >= 15 is 0 Å². The van der Waals surface area contributed by atoms with Crippen molar-refractivity contribution >= 4 is 23.2 Å². The highest BCUT2D eigenvalue weighted by molar-refractivity contribution is 6.12. The third kappa shape index (κ3) is 2.29. The minimum Gasteiger partial charge on any atom is -0.496 e. The number of ether oxygens (including phenoxy) is 1. The fourth-order valence-corrected chi connectivity index (χ4v) is 2.75. The van der Waals surface area contributed by atoms with E-state index in [4.69, 9.17) is 21.9 Å². The van der Waals surface area contributed by atoms with Gasteiger partial charge in [0, 0.05) is 0 Å². The lowest BCUT2D eigenvalue weighted by atomic mass is 9.99. The maximum Gasteiger partial charge on any atom is 0.337 e. The molecule has 0 bridgehead atoms. The number of aromatic carboxylic acids is 1. The molecule has 1 unspecified atom stereocenters. The molecule has 8 heteroatoms. The fraction of sp³-hybridized carbons (Fsp3) is 0.125. The molecule has 0 spiro atoms. The molecule has 3 rings (SSSR count). The van der Waals surface area contributed by atoms with Crippen LogP contribution in [-0.2, 0) is 5.79 Å². The minimum absolute atomic E-state index is 0.0378. The number of benzene rings is 2.